The Morgan fingerprint density at radius 1 is 1.00 bits per heavy atom. The lowest BCUT2D eigenvalue weighted by atomic mass is 9.89. The highest BCUT2D eigenvalue weighted by molar-refractivity contribution is 6.35. The maximum absolute atomic E-state index is 13.6. The second-order valence-electron chi connectivity index (χ2n) is 9.94. The lowest BCUT2D eigenvalue weighted by Gasteiger charge is -2.18. The molecular formula is C31H30Cl2F3NO4. The van der Waals surface area contributed by atoms with Gasteiger partial charge in [0.2, 0.25) is 0 Å². The zero-order chi connectivity index (χ0) is 29.8. The molecule has 1 fully saturated rings. The summed E-state index contributed by atoms with van der Waals surface area (Å²) < 4.78 is 51.4. The van der Waals surface area contributed by atoms with Crippen molar-refractivity contribution >= 4 is 35.0 Å². The molecule has 0 aliphatic heterocycles. The largest absolute Gasteiger partial charge is 0.496 e. The van der Waals surface area contributed by atoms with Crippen molar-refractivity contribution < 1.29 is 32.2 Å². The van der Waals surface area contributed by atoms with Crippen molar-refractivity contribution in [2.24, 2.45) is 0 Å². The predicted molar refractivity (Wildman–Crippen MR) is 152 cm³/mol. The zero-order valence-electron chi connectivity index (χ0n) is 22.7. The quantitative estimate of drug-likeness (QED) is 0.170. The molecule has 3 aromatic carbocycles. The molecule has 41 heavy (non-hydrogen) atoms. The third kappa shape index (κ3) is 7.23. The van der Waals surface area contributed by atoms with E-state index in [1.807, 2.05) is 0 Å². The number of esters is 1. The number of nitrogens with one attached hydrogen (secondary N) is 1. The Hall–Kier alpha value is -3.07. The molecule has 0 saturated heterocycles. The van der Waals surface area contributed by atoms with Crippen LogP contribution in [0.25, 0.3) is 11.1 Å². The van der Waals surface area contributed by atoms with Crippen molar-refractivity contribution in [3.05, 3.63) is 86.9 Å². The number of carbonyl (C=O) groups excluding carboxylic acids is 2. The molecule has 0 unspecified atom stereocenters. The summed E-state index contributed by atoms with van der Waals surface area (Å²) in [6.07, 6.45) is -2.96. The minimum absolute atomic E-state index is 0.0144. The molecule has 1 N–H and O–H groups in total. The number of halogens is 5. The number of methoxy groups -OCH3 is 1. The normalized spacial score (nSPS) is 14.0. The van der Waals surface area contributed by atoms with Crippen molar-refractivity contribution in [1.29, 1.82) is 0 Å². The number of ether oxygens (including phenoxy) is 2. The van der Waals surface area contributed by atoms with Gasteiger partial charge in [0, 0.05) is 35.1 Å². The van der Waals surface area contributed by atoms with Gasteiger partial charge in [0.15, 0.2) is 0 Å². The van der Waals surface area contributed by atoms with Gasteiger partial charge in [0.25, 0.3) is 0 Å². The number of ketones is 1. The van der Waals surface area contributed by atoms with Crippen LogP contribution >= 0.6 is 23.2 Å². The van der Waals surface area contributed by atoms with Gasteiger partial charge in [0.05, 0.1) is 31.1 Å². The molecule has 0 radical (unpaired) electrons. The molecule has 0 spiro atoms. The van der Waals surface area contributed by atoms with Gasteiger partial charge >= 0.3 is 12.1 Å². The first-order valence-corrected chi connectivity index (χ1v) is 14.0. The summed E-state index contributed by atoms with van der Waals surface area (Å²) >= 11 is 12.4. The van der Waals surface area contributed by atoms with Gasteiger partial charge in [-0.2, -0.15) is 13.2 Å². The average molecular weight is 608 g/mol. The van der Waals surface area contributed by atoms with Gasteiger partial charge < -0.3 is 14.8 Å². The van der Waals surface area contributed by atoms with Gasteiger partial charge in [0.1, 0.15) is 11.5 Å². The van der Waals surface area contributed by atoms with E-state index in [1.54, 1.807) is 43.3 Å². The van der Waals surface area contributed by atoms with Crippen molar-refractivity contribution in [1.82, 2.24) is 5.32 Å². The second-order valence-corrected chi connectivity index (χ2v) is 10.8. The third-order valence-corrected chi connectivity index (χ3v) is 7.76. The SMILES string of the molecule is CCOC(=O)Cc1ccc(OC)c(-c2ccc(C(F)(F)F)cc2CNCCC(=O)C2(c3ccc(Cl)cc3Cl)CC2)c1. The van der Waals surface area contributed by atoms with E-state index in [-0.39, 0.29) is 38.3 Å². The minimum atomic E-state index is -4.53. The first-order valence-electron chi connectivity index (χ1n) is 13.2. The van der Waals surface area contributed by atoms with E-state index in [9.17, 15) is 22.8 Å². The Kier molecular flexibility index (Phi) is 9.67. The molecule has 0 bridgehead atoms. The van der Waals surface area contributed by atoms with Crippen LogP contribution in [-0.2, 0) is 38.9 Å². The van der Waals surface area contributed by atoms with Gasteiger partial charge in [-0.1, -0.05) is 41.4 Å². The van der Waals surface area contributed by atoms with E-state index in [2.05, 4.69) is 5.32 Å². The summed E-state index contributed by atoms with van der Waals surface area (Å²) in [5, 5.41) is 4.08. The van der Waals surface area contributed by atoms with Crippen LogP contribution in [0.4, 0.5) is 13.2 Å². The number of benzene rings is 3. The van der Waals surface area contributed by atoms with Gasteiger partial charge in [-0.3, -0.25) is 9.59 Å². The summed E-state index contributed by atoms with van der Waals surface area (Å²) in [5.74, 6) is 0.0621. The molecule has 0 atom stereocenters. The van der Waals surface area contributed by atoms with Crippen LogP contribution < -0.4 is 10.1 Å². The predicted octanol–water partition coefficient (Wildman–Crippen LogP) is 7.57. The van der Waals surface area contributed by atoms with Crippen LogP contribution in [0.2, 0.25) is 10.0 Å². The summed E-state index contributed by atoms with van der Waals surface area (Å²) in [6, 6.07) is 13.7. The molecule has 218 valence electrons. The molecule has 0 aromatic heterocycles. The van der Waals surface area contributed by atoms with E-state index in [0.717, 1.165) is 17.7 Å². The monoisotopic (exact) mass is 607 g/mol. The first kappa shape index (κ1) is 30.9. The van der Waals surface area contributed by atoms with E-state index in [4.69, 9.17) is 32.7 Å². The van der Waals surface area contributed by atoms with Gasteiger partial charge in [-0.05, 0) is 78.4 Å². The summed E-state index contributed by atoms with van der Waals surface area (Å²) in [5.41, 5.74) is 1.40. The van der Waals surface area contributed by atoms with Crippen LogP contribution in [0.1, 0.15) is 48.4 Å². The fourth-order valence-corrected chi connectivity index (χ4v) is 5.59. The Morgan fingerprint density at radius 2 is 1.76 bits per heavy atom. The van der Waals surface area contributed by atoms with E-state index < -0.39 is 23.1 Å². The van der Waals surface area contributed by atoms with E-state index in [0.29, 0.717) is 50.9 Å². The molecule has 0 heterocycles. The molecule has 1 aliphatic rings. The van der Waals surface area contributed by atoms with Crippen LogP contribution in [0.15, 0.2) is 54.6 Å². The van der Waals surface area contributed by atoms with Crippen molar-refractivity contribution in [3.63, 3.8) is 0 Å². The summed E-state index contributed by atoms with van der Waals surface area (Å²) in [7, 11) is 1.47. The third-order valence-electron chi connectivity index (χ3n) is 7.22. The summed E-state index contributed by atoms with van der Waals surface area (Å²) in [6.45, 7) is 2.30. The lowest BCUT2D eigenvalue weighted by Crippen LogP contribution is -2.26. The average Bonchev–Trinajstić information content (AvgIpc) is 3.72. The number of Topliss-reactive ketones (excluding diaryl/α,β-unsaturated/α-hetero) is 1. The zero-order valence-corrected chi connectivity index (χ0v) is 24.2. The van der Waals surface area contributed by atoms with Gasteiger partial charge in [-0.25, -0.2) is 0 Å². The van der Waals surface area contributed by atoms with E-state index >= 15 is 0 Å². The maximum atomic E-state index is 13.6. The molecule has 1 aliphatic carbocycles. The topological polar surface area (TPSA) is 64.6 Å². The fraction of sp³-hybridized carbons (Fsp3) is 0.355. The van der Waals surface area contributed by atoms with Crippen molar-refractivity contribution in [2.75, 3.05) is 20.3 Å². The number of carbonyl (C=O) groups is 2. The highest BCUT2D eigenvalue weighted by atomic mass is 35.5. The first-order chi connectivity index (χ1) is 19.5. The Balaban J connectivity index is 1.54. The summed E-state index contributed by atoms with van der Waals surface area (Å²) in [4.78, 5) is 25.2. The fourth-order valence-electron chi connectivity index (χ4n) is 5.00. The highest BCUT2D eigenvalue weighted by Gasteiger charge is 2.51. The second kappa shape index (κ2) is 12.8. The number of hydrogen-bond acceptors (Lipinski definition) is 5. The number of alkyl halides is 3. The van der Waals surface area contributed by atoms with Crippen molar-refractivity contribution in [2.45, 2.75) is 50.7 Å². The van der Waals surface area contributed by atoms with Gasteiger partial charge in [-0.15, -0.1) is 0 Å². The van der Waals surface area contributed by atoms with Crippen LogP contribution in [0.5, 0.6) is 5.75 Å². The molecule has 1 saturated carbocycles. The van der Waals surface area contributed by atoms with Crippen LogP contribution in [-0.4, -0.2) is 32.0 Å². The van der Waals surface area contributed by atoms with Crippen molar-refractivity contribution in [3.8, 4) is 16.9 Å². The molecule has 0 amide bonds. The molecular weight excluding hydrogens is 578 g/mol. The lowest BCUT2D eigenvalue weighted by molar-refractivity contribution is -0.142. The smallest absolute Gasteiger partial charge is 0.416 e. The Bertz CT molecular complexity index is 1440. The number of hydrogen-bond donors (Lipinski definition) is 1. The highest BCUT2D eigenvalue weighted by Crippen LogP contribution is 2.52. The molecule has 10 heteroatoms. The van der Waals surface area contributed by atoms with E-state index in [1.165, 1.54) is 13.2 Å². The maximum Gasteiger partial charge on any atom is 0.416 e. The standard InChI is InChI=1S/C31H30Cl2F3NO4/c1-3-41-29(39)15-19-4-9-27(40-2)24(14-19)23-7-5-21(31(34,35)36)16-20(23)18-37-13-10-28(38)30(11-12-30)25-8-6-22(32)17-26(25)33/h4-9,14,16-17,37H,3,10-13,15,18H2,1-2H3. The molecule has 3 aromatic rings. The Morgan fingerprint density at radius 3 is 2.39 bits per heavy atom. The Labute approximate surface area is 246 Å². The minimum Gasteiger partial charge on any atom is -0.496 e. The molecule has 5 nitrogen and oxygen atoms in total. The van der Waals surface area contributed by atoms with Crippen LogP contribution in [0.3, 0.4) is 0 Å². The van der Waals surface area contributed by atoms with Crippen LogP contribution in [0, 0.1) is 0 Å². The number of rotatable bonds is 12. The molecule has 4 rings (SSSR count).